The van der Waals surface area contributed by atoms with Gasteiger partial charge in [-0.15, -0.1) is 0 Å². The van der Waals surface area contributed by atoms with E-state index in [0.717, 1.165) is 28.8 Å². The van der Waals surface area contributed by atoms with E-state index in [1.54, 1.807) is 0 Å². The molecule has 0 fully saturated rings. The molecule has 0 aromatic heterocycles. The van der Waals surface area contributed by atoms with Gasteiger partial charge in [0.05, 0.1) is 0 Å². The maximum Gasteiger partial charge on any atom is 0.00786 e. The topological polar surface area (TPSA) is 52.0 Å². The van der Waals surface area contributed by atoms with Crippen LogP contribution in [0, 0.1) is 0 Å². The maximum atomic E-state index is 5.74. The average molecular weight is 248 g/mol. The Hall–Kier alpha value is -1.54. The monoisotopic (exact) mass is 248 g/mol. The average Bonchev–Trinajstić information content (AvgIpc) is 2.37. The first kappa shape index (κ1) is 18.8. The minimum atomic E-state index is 0.850. The summed E-state index contributed by atoms with van der Waals surface area (Å²) in [7, 11) is 1.50. The van der Waals surface area contributed by atoms with E-state index in [1.807, 2.05) is 32.9 Å². The molecule has 0 heterocycles. The van der Waals surface area contributed by atoms with Crippen LogP contribution >= 0.6 is 0 Å². The fourth-order valence-electron chi connectivity index (χ4n) is 1.22. The second-order valence-electron chi connectivity index (χ2n) is 4.01. The Bertz CT molecular complexity index is 365. The molecule has 0 saturated carbocycles. The minimum absolute atomic E-state index is 0.850. The van der Waals surface area contributed by atoms with Gasteiger partial charge in [0.1, 0.15) is 0 Å². The molecule has 0 unspecified atom stereocenters. The summed E-state index contributed by atoms with van der Waals surface area (Å²) in [5, 5.41) is 0. The van der Waals surface area contributed by atoms with Crippen LogP contribution in [0.1, 0.15) is 34.1 Å². The van der Waals surface area contributed by atoms with Crippen LogP contribution in [-0.2, 0) is 0 Å². The van der Waals surface area contributed by atoms with Crippen molar-refractivity contribution in [2.24, 2.45) is 11.5 Å². The van der Waals surface area contributed by atoms with Crippen LogP contribution in [0.15, 0.2) is 59.4 Å². The van der Waals surface area contributed by atoms with E-state index in [-0.39, 0.29) is 0 Å². The maximum absolute atomic E-state index is 5.74. The molecule has 0 saturated heterocycles. The van der Waals surface area contributed by atoms with Gasteiger partial charge in [0.25, 0.3) is 0 Å². The lowest BCUT2D eigenvalue weighted by molar-refractivity contribution is 1.11. The molecule has 0 aliphatic carbocycles. The summed E-state index contributed by atoms with van der Waals surface area (Å²) in [5.74, 6) is 0. The van der Waals surface area contributed by atoms with Crippen LogP contribution in [-0.4, -0.2) is 7.05 Å². The molecule has 0 aliphatic heterocycles. The van der Waals surface area contributed by atoms with E-state index in [0.29, 0.717) is 0 Å². The van der Waals surface area contributed by atoms with Gasteiger partial charge in [-0.2, -0.15) is 0 Å². The molecule has 4 N–H and O–H groups in total. The normalized spacial score (nSPS) is 13.2. The first-order valence-electron chi connectivity index (χ1n) is 6.13. The molecule has 0 radical (unpaired) electrons. The van der Waals surface area contributed by atoms with Gasteiger partial charge in [0.2, 0.25) is 0 Å². The van der Waals surface area contributed by atoms with Gasteiger partial charge in [0, 0.05) is 5.70 Å². The molecule has 0 aliphatic rings. The standard InChI is InChI=1S/C15H23N.CH5N/c1-7-11(3)9-13(5)15(8-2)10-12(4)14(6)16;1-2/h7,9-10H,1,5,8,16H2,2-4,6H3;2H2,1H3/b11-9-,14-12+,15-10+;. The predicted octanol–water partition coefficient (Wildman–Crippen LogP) is 3.84. The van der Waals surface area contributed by atoms with Crippen LogP contribution in [0.25, 0.3) is 0 Å². The van der Waals surface area contributed by atoms with Crippen LogP contribution in [0.4, 0.5) is 0 Å². The lowest BCUT2D eigenvalue weighted by Gasteiger charge is -2.07. The first-order chi connectivity index (χ1) is 8.42. The molecule has 2 nitrogen and oxygen atoms in total. The number of hydrogen-bond acceptors (Lipinski definition) is 2. The molecule has 0 amide bonds. The van der Waals surface area contributed by atoms with Crippen LogP contribution < -0.4 is 11.5 Å². The van der Waals surface area contributed by atoms with Gasteiger partial charge in [-0.1, -0.05) is 43.9 Å². The van der Waals surface area contributed by atoms with Gasteiger partial charge in [-0.05, 0) is 51.0 Å². The van der Waals surface area contributed by atoms with E-state index < -0.39 is 0 Å². The lowest BCUT2D eigenvalue weighted by atomic mass is 10.00. The van der Waals surface area contributed by atoms with Crippen molar-refractivity contribution in [3.63, 3.8) is 0 Å². The smallest absolute Gasteiger partial charge is 0.00786 e. The number of rotatable bonds is 5. The highest BCUT2D eigenvalue weighted by Crippen LogP contribution is 2.18. The fraction of sp³-hybridized carbons (Fsp3) is 0.375. The summed E-state index contributed by atoms with van der Waals surface area (Å²) < 4.78 is 0. The summed E-state index contributed by atoms with van der Waals surface area (Å²) in [6.07, 6.45) is 6.92. The molecule has 0 atom stereocenters. The second kappa shape index (κ2) is 10.6. The third-order valence-electron chi connectivity index (χ3n) is 2.53. The molecular formula is C16H28N2. The van der Waals surface area contributed by atoms with Crippen LogP contribution in [0.2, 0.25) is 0 Å². The van der Waals surface area contributed by atoms with Gasteiger partial charge in [-0.25, -0.2) is 0 Å². The predicted molar refractivity (Wildman–Crippen MR) is 84.1 cm³/mol. The Balaban J connectivity index is 0. The Morgan fingerprint density at radius 1 is 1.11 bits per heavy atom. The molecule has 2 heteroatoms. The lowest BCUT2D eigenvalue weighted by Crippen LogP contribution is -1.95. The van der Waals surface area contributed by atoms with Crippen LogP contribution in [0.3, 0.4) is 0 Å². The highest BCUT2D eigenvalue weighted by Gasteiger charge is 1.99. The molecule has 0 rings (SSSR count). The van der Waals surface area contributed by atoms with Gasteiger partial charge in [0.15, 0.2) is 0 Å². The summed E-state index contributed by atoms with van der Waals surface area (Å²) in [6, 6.07) is 0. The van der Waals surface area contributed by atoms with E-state index >= 15 is 0 Å². The molecule has 0 bridgehead atoms. The van der Waals surface area contributed by atoms with Crippen molar-refractivity contribution in [3.8, 4) is 0 Å². The van der Waals surface area contributed by atoms with Gasteiger partial charge < -0.3 is 11.5 Å². The SMILES string of the molecule is C=C/C(C)=C\C(=C)/C(=C/C(C)=C(\C)N)CC.CN. The molecular weight excluding hydrogens is 220 g/mol. The molecule has 102 valence electrons. The first-order valence-corrected chi connectivity index (χ1v) is 6.13. The van der Waals surface area contributed by atoms with Crippen molar-refractivity contribution in [2.45, 2.75) is 34.1 Å². The van der Waals surface area contributed by atoms with E-state index in [2.05, 4.69) is 31.9 Å². The molecule has 0 spiro atoms. The Morgan fingerprint density at radius 3 is 1.94 bits per heavy atom. The summed E-state index contributed by atoms with van der Waals surface area (Å²) in [4.78, 5) is 0. The Kier molecular flexibility index (Phi) is 11.1. The summed E-state index contributed by atoms with van der Waals surface area (Å²) in [5.41, 5.74) is 15.6. The van der Waals surface area contributed by atoms with Crippen molar-refractivity contribution in [2.75, 3.05) is 7.05 Å². The third kappa shape index (κ3) is 7.69. The van der Waals surface area contributed by atoms with E-state index in [9.17, 15) is 0 Å². The zero-order chi connectivity index (χ0) is 14.7. The van der Waals surface area contributed by atoms with Crippen LogP contribution in [0.5, 0.6) is 0 Å². The van der Waals surface area contributed by atoms with E-state index in [4.69, 9.17) is 5.73 Å². The van der Waals surface area contributed by atoms with Crippen molar-refractivity contribution in [1.82, 2.24) is 0 Å². The highest BCUT2D eigenvalue weighted by atomic mass is 14.5. The molecule has 18 heavy (non-hydrogen) atoms. The summed E-state index contributed by atoms with van der Waals surface area (Å²) in [6.45, 7) is 15.9. The third-order valence-corrected chi connectivity index (χ3v) is 2.53. The quantitative estimate of drug-likeness (QED) is 0.726. The second-order valence-corrected chi connectivity index (χ2v) is 4.01. The fourth-order valence-corrected chi connectivity index (χ4v) is 1.22. The molecule has 0 aromatic carbocycles. The van der Waals surface area contributed by atoms with Crippen molar-refractivity contribution >= 4 is 0 Å². The van der Waals surface area contributed by atoms with Crippen molar-refractivity contribution in [3.05, 3.63) is 59.4 Å². The minimum Gasteiger partial charge on any atom is -0.402 e. The Morgan fingerprint density at radius 2 is 1.61 bits per heavy atom. The molecule has 0 aromatic rings. The van der Waals surface area contributed by atoms with E-state index in [1.165, 1.54) is 12.6 Å². The largest absolute Gasteiger partial charge is 0.402 e. The zero-order valence-electron chi connectivity index (χ0n) is 12.5. The number of allylic oxidation sites excluding steroid dienone is 8. The van der Waals surface area contributed by atoms with Gasteiger partial charge >= 0.3 is 0 Å². The van der Waals surface area contributed by atoms with Gasteiger partial charge in [-0.3, -0.25) is 0 Å². The number of nitrogens with two attached hydrogens (primary N) is 2. The summed E-state index contributed by atoms with van der Waals surface area (Å²) >= 11 is 0. The van der Waals surface area contributed by atoms with Crippen molar-refractivity contribution < 1.29 is 0 Å². The Labute approximate surface area is 112 Å². The highest BCUT2D eigenvalue weighted by molar-refractivity contribution is 5.44. The zero-order valence-corrected chi connectivity index (χ0v) is 12.5. The number of hydrogen-bond donors (Lipinski definition) is 2. The van der Waals surface area contributed by atoms with Crippen molar-refractivity contribution in [1.29, 1.82) is 0 Å².